The zero-order valence-corrected chi connectivity index (χ0v) is 8.91. The van der Waals surface area contributed by atoms with Gasteiger partial charge in [-0.1, -0.05) is 0 Å². The fraction of sp³-hybridized carbons (Fsp3) is 0.556. The summed E-state index contributed by atoms with van der Waals surface area (Å²) in [6.07, 6.45) is 2.06. The molecule has 1 saturated carbocycles. The molecule has 1 fully saturated rings. The molecule has 0 spiro atoms. The summed E-state index contributed by atoms with van der Waals surface area (Å²) in [5, 5.41) is 11.5. The van der Waals surface area contributed by atoms with Gasteiger partial charge in [-0.15, -0.1) is 5.10 Å². The predicted molar refractivity (Wildman–Crippen MR) is 54.6 cm³/mol. The van der Waals surface area contributed by atoms with E-state index in [0.29, 0.717) is 11.9 Å². The van der Waals surface area contributed by atoms with Crippen LogP contribution in [0.15, 0.2) is 0 Å². The molecule has 2 amide bonds. The number of rotatable bonds is 4. The minimum Gasteiger partial charge on any atom is -0.352 e. The minimum atomic E-state index is -0.449. The van der Waals surface area contributed by atoms with Crippen LogP contribution in [0.25, 0.3) is 0 Å². The van der Waals surface area contributed by atoms with Gasteiger partial charge in [0.15, 0.2) is 0 Å². The Labute approximate surface area is 92.0 Å². The number of carbonyl (C=O) groups is 2. The van der Waals surface area contributed by atoms with Crippen molar-refractivity contribution in [3.05, 3.63) is 11.6 Å². The highest BCUT2D eigenvalue weighted by molar-refractivity contribution is 5.93. The second-order valence-corrected chi connectivity index (χ2v) is 3.77. The molecule has 0 atom stereocenters. The van der Waals surface area contributed by atoms with Gasteiger partial charge < -0.3 is 10.6 Å². The van der Waals surface area contributed by atoms with Crippen LogP contribution in [-0.4, -0.2) is 39.6 Å². The van der Waals surface area contributed by atoms with Crippen LogP contribution in [0.3, 0.4) is 0 Å². The number of aryl methyl sites for hydroxylation is 1. The average molecular weight is 223 g/mol. The molecule has 16 heavy (non-hydrogen) atoms. The lowest BCUT2D eigenvalue weighted by molar-refractivity contribution is -0.120. The number of hydrogen-bond acceptors (Lipinski definition) is 4. The summed E-state index contributed by atoms with van der Waals surface area (Å²) in [6, 6.07) is 0.301. The molecule has 0 unspecified atom stereocenters. The lowest BCUT2D eigenvalue weighted by Crippen LogP contribution is -2.38. The SMILES string of the molecule is Cc1nc(C(=O)NCC(=O)NC2CC2)n[nH]1. The monoisotopic (exact) mass is 223 g/mol. The lowest BCUT2D eigenvalue weighted by atomic mass is 10.5. The fourth-order valence-corrected chi connectivity index (χ4v) is 1.19. The van der Waals surface area contributed by atoms with E-state index in [4.69, 9.17) is 0 Å². The van der Waals surface area contributed by atoms with Crippen molar-refractivity contribution in [1.82, 2.24) is 25.8 Å². The molecule has 2 rings (SSSR count). The molecular weight excluding hydrogens is 210 g/mol. The van der Waals surface area contributed by atoms with Gasteiger partial charge in [-0.2, -0.15) is 0 Å². The third-order valence-electron chi connectivity index (χ3n) is 2.15. The van der Waals surface area contributed by atoms with E-state index in [-0.39, 0.29) is 18.3 Å². The molecule has 3 N–H and O–H groups in total. The molecule has 7 heteroatoms. The van der Waals surface area contributed by atoms with Gasteiger partial charge in [-0.25, -0.2) is 4.98 Å². The predicted octanol–water partition coefficient (Wildman–Crippen LogP) is -0.878. The van der Waals surface area contributed by atoms with Gasteiger partial charge in [0, 0.05) is 6.04 Å². The molecule has 0 aromatic carbocycles. The molecule has 1 aromatic heterocycles. The Morgan fingerprint density at radius 3 is 2.81 bits per heavy atom. The number of H-pyrrole nitrogens is 1. The molecule has 7 nitrogen and oxygen atoms in total. The third-order valence-corrected chi connectivity index (χ3v) is 2.15. The second-order valence-electron chi connectivity index (χ2n) is 3.77. The summed E-state index contributed by atoms with van der Waals surface area (Å²) in [4.78, 5) is 26.5. The summed E-state index contributed by atoms with van der Waals surface area (Å²) >= 11 is 0. The van der Waals surface area contributed by atoms with E-state index in [9.17, 15) is 9.59 Å². The van der Waals surface area contributed by atoms with Gasteiger partial charge in [0.25, 0.3) is 5.91 Å². The fourth-order valence-electron chi connectivity index (χ4n) is 1.19. The standard InChI is InChI=1S/C9H13N5O2/c1-5-11-8(14-13-5)9(16)10-4-7(15)12-6-2-3-6/h6H,2-4H2,1H3,(H,10,16)(H,12,15)(H,11,13,14). The van der Waals surface area contributed by atoms with Gasteiger partial charge in [-0.05, 0) is 19.8 Å². The molecular formula is C9H13N5O2. The maximum atomic E-state index is 11.4. The number of carbonyl (C=O) groups excluding carboxylic acids is 2. The largest absolute Gasteiger partial charge is 0.352 e. The minimum absolute atomic E-state index is 0.0388. The second kappa shape index (κ2) is 4.30. The summed E-state index contributed by atoms with van der Waals surface area (Å²) in [5.74, 6) is -0.0114. The molecule has 1 aliphatic carbocycles. The summed E-state index contributed by atoms with van der Waals surface area (Å²) < 4.78 is 0. The molecule has 86 valence electrons. The number of hydrogen-bond donors (Lipinski definition) is 3. The van der Waals surface area contributed by atoms with Gasteiger partial charge in [0.2, 0.25) is 11.7 Å². The zero-order chi connectivity index (χ0) is 11.5. The van der Waals surface area contributed by atoms with E-state index in [0.717, 1.165) is 12.8 Å². The van der Waals surface area contributed by atoms with E-state index in [1.807, 2.05) is 0 Å². The highest BCUT2D eigenvalue weighted by Gasteiger charge is 2.23. The topological polar surface area (TPSA) is 99.8 Å². The van der Waals surface area contributed by atoms with Crippen molar-refractivity contribution in [3.63, 3.8) is 0 Å². The van der Waals surface area contributed by atoms with Gasteiger partial charge in [-0.3, -0.25) is 14.7 Å². The van der Waals surface area contributed by atoms with Gasteiger partial charge >= 0.3 is 0 Å². The van der Waals surface area contributed by atoms with Crippen molar-refractivity contribution in [2.75, 3.05) is 6.54 Å². The maximum absolute atomic E-state index is 11.4. The van der Waals surface area contributed by atoms with E-state index in [1.54, 1.807) is 6.92 Å². The molecule has 1 aromatic rings. The molecule has 1 heterocycles. The summed E-state index contributed by atoms with van der Waals surface area (Å²) in [5.41, 5.74) is 0. The first-order chi connectivity index (χ1) is 7.65. The molecule has 0 bridgehead atoms. The normalized spacial score (nSPS) is 14.6. The molecule has 0 radical (unpaired) electrons. The number of aromatic nitrogens is 3. The Morgan fingerprint density at radius 2 is 2.25 bits per heavy atom. The summed E-state index contributed by atoms with van der Waals surface area (Å²) in [7, 11) is 0. The Balaban J connectivity index is 1.76. The maximum Gasteiger partial charge on any atom is 0.291 e. The van der Waals surface area contributed by atoms with E-state index in [1.165, 1.54) is 0 Å². The number of nitrogens with zero attached hydrogens (tertiary/aromatic N) is 2. The Morgan fingerprint density at radius 1 is 1.50 bits per heavy atom. The van der Waals surface area contributed by atoms with Crippen molar-refractivity contribution >= 4 is 11.8 Å². The van der Waals surface area contributed by atoms with Gasteiger partial charge in [0.1, 0.15) is 5.82 Å². The van der Waals surface area contributed by atoms with E-state index >= 15 is 0 Å². The number of nitrogens with one attached hydrogen (secondary N) is 3. The summed E-state index contributed by atoms with van der Waals surface area (Å²) in [6.45, 7) is 1.66. The van der Waals surface area contributed by atoms with E-state index < -0.39 is 5.91 Å². The van der Waals surface area contributed by atoms with Crippen LogP contribution in [0.1, 0.15) is 29.3 Å². The van der Waals surface area contributed by atoms with Crippen molar-refractivity contribution in [2.45, 2.75) is 25.8 Å². The first kappa shape index (κ1) is 10.6. The molecule has 0 aliphatic heterocycles. The highest BCUT2D eigenvalue weighted by atomic mass is 16.2. The van der Waals surface area contributed by atoms with Crippen LogP contribution < -0.4 is 10.6 Å². The highest BCUT2D eigenvalue weighted by Crippen LogP contribution is 2.18. The number of amides is 2. The van der Waals surface area contributed by atoms with Crippen molar-refractivity contribution < 1.29 is 9.59 Å². The van der Waals surface area contributed by atoms with Crippen LogP contribution in [-0.2, 0) is 4.79 Å². The van der Waals surface area contributed by atoms with Crippen LogP contribution in [0.2, 0.25) is 0 Å². The van der Waals surface area contributed by atoms with Gasteiger partial charge in [0.05, 0.1) is 6.54 Å². The van der Waals surface area contributed by atoms with Crippen molar-refractivity contribution in [1.29, 1.82) is 0 Å². The van der Waals surface area contributed by atoms with Crippen LogP contribution in [0.5, 0.6) is 0 Å². The zero-order valence-electron chi connectivity index (χ0n) is 8.91. The Kier molecular flexibility index (Phi) is 2.84. The molecule has 1 aliphatic rings. The Bertz CT molecular complexity index is 410. The molecule has 0 saturated heterocycles. The first-order valence-corrected chi connectivity index (χ1v) is 5.11. The quantitative estimate of drug-likeness (QED) is 0.617. The van der Waals surface area contributed by atoms with Crippen molar-refractivity contribution in [3.8, 4) is 0 Å². The number of aromatic amines is 1. The Hall–Kier alpha value is -1.92. The smallest absolute Gasteiger partial charge is 0.291 e. The third kappa shape index (κ3) is 2.78. The van der Waals surface area contributed by atoms with E-state index in [2.05, 4.69) is 25.8 Å². The first-order valence-electron chi connectivity index (χ1n) is 5.11. The lowest BCUT2D eigenvalue weighted by Gasteiger charge is -2.03. The van der Waals surface area contributed by atoms with Crippen LogP contribution in [0.4, 0.5) is 0 Å². The van der Waals surface area contributed by atoms with Crippen LogP contribution in [0, 0.1) is 6.92 Å². The van der Waals surface area contributed by atoms with Crippen molar-refractivity contribution in [2.24, 2.45) is 0 Å². The van der Waals surface area contributed by atoms with Crippen LogP contribution >= 0.6 is 0 Å². The average Bonchev–Trinajstić information content (AvgIpc) is 2.95.